The second-order valence-electron chi connectivity index (χ2n) is 6.90. The third kappa shape index (κ3) is 6.26. The smallest absolute Gasteiger partial charge is 0.389 e. The molecule has 1 aliphatic rings. The first-order valence-electron chi connectivity index (χ1n) is 8.62. The summed E-state index contributed by atoms with van der Waals surface area (Å²) in [6, 6.07) is 0.909. The molecule has 1 atom stereocenters. The summed E-state index contributed by atoms with van der Waals surface area (Å²) in [6.07, 6.45) is -4.21. The molecular weight excluding hydrogens is 371 g/mol. The number of halogens is 4. The number of hydrogen-bond acceptors (Lipinski definition) is 5. The molecule has 1 N–H and O–H groups in total. The minimum absolute atomic E-state index is 0.00426. The van der Waals surface area contributed by atoms with E-state index in [0.29, 0.717) is 57.7 Å². The predicted octanol–water partition coefficient (Wildman–Crippen LogP) is 2.91. The van der Waals surface area contributed by atoms with Gasteiger partial charge in [0.2, 0.25) is 0 Å². The zero-order valence-corrected chi connectivity index (χ0v) is 15.7. The van der Waals surface area contributed by atoms with Gasteiger partial charge in [-0.15, -0.1) is 0 Å². The number of piperazine rings is 1. The fourth-order valence-corrected chi connectivity index (χ4v) is 3.04. The number of ether oxygens (including phenoxy) is 1. The van der Waals surface area contributed by atoms with Gasteiger partial charge >= 0.3 is 6.18 Å². The van der Waals surface area contributed by atoms with Gasteiger partial charge in [0, 0.05) is 45.5 Å². The number of aliphatic hydroxyl groups excluding tert-OH is 1. The number of aromatic nitrogens is 1. The number of nitrogens with zero attached hydrogens (tertiary/aromatic N) is 3. The van der Waals surface area contributed by atoms with Crippen molar-refractivity contribution in [1.82, 2.24) is 9.88 Å². The summed E-state index contributed by atoms with van der Waals surface area (Å²) in [4.78, 5) is 7.85. The van der Waals surface area contributed by atoms with Crippen LogP contribution in [0.15, 0.2) is 12.3 Å². The number of β-amino-alcohol motifs (C(OH)–C–C–N with tert-alkyl or cyclic N) is 1. The molecule has 2 heterocycles. The van der Waals surface area contributed by atoms with Crippen LogP contribution in [0.25, 0.3) is 0 Å². The van der Waals surface area contributed by atoms with Crippen molar-refractivity contribution >= 4 is 17.4 Å². The number of hydrogen-bond donors (Lipinski definition) is 1. The zero-order valence-electron chi connectivity index (χ0n) is 15.0. The number of pyridine rings is 1. The quantitative estimate of drug-likeness (QED) is 0.769. The van der Waals surface area contributed by atoms with E-state index in [-0.39, 0.29) is 5.02 Å². The van der Waals surface area contributed by atoms with Crippen molar-refractivity contribution in [2.75, 3.05) is 50.8 Å². The zero-order chi connectivity index (χ0) is 19.3. The summed E-state index contributed by atoms with van der Waals surface area (Å²) in [7, 11) is 0. The summed E-state index contributed by atoms with van der Waals surface area (Å²) in [5.74, 6) is 0.784. The molecule has 0 aliphatic carbocycles. The van der Waals surface area contributed by atoms with E-state index in [1.165, 1.54) is 0 Å². The molecular formula is C17H25ClF3N3O2. The lowest BCUT2D eigenvalue weighted by atomic mass is 10.2. The van der Waals surface area contributed by atoms with Crippen molar-refractivity contribution < 1.29 is 23.0 Å². The van der Waals surface area contributed by atoms with Crippen molar-refractivity contribution in [2.45, 2.75) is 26.1 Å². The van der Waals surface area contributed by atoms with Crippen LogP contribution >= 0.6 is 11.6 Å². The van der Waals surface area contributed by atoms with Crippen LogP contribution < -0.4 is 4.90 Å². The Labute approximate surface area is 156 Å². The van der Waals surface area contributed by atoms with Gasteiger partial charge in [-0.25, -0.2) is 4.98 Å². The van der Waals surface area contributed by atoms with Crippen LogP contribution in [-0.4, -0.2) is 67.0 Å². The molecule has 1 aromatic rings. The van der Waals surface area contributed by atoms with Crippen LogP contribution in [0.5, 0.6) is 0 Å². The Kier molecular flexibility index (Phi) is 7.52. The fraction of sp³-hybridized carbons (Fsp3) is 0.706. The minimum Gasteiger partial charge on any atom is -0.389 e. The first-order chi connectivity index (χ1) is 12.2. The minimum atomic E-state index is -4.46. The third-order valence-electron chi connectivity index (χ3n) is 4.05. The molecule has 1 fully saturated rings. The summed E-state index contributed by atoms with van der Waals surface area (Å²) >= 11 is 6.00. The molecule has 1 aromatic heterocycles. The van der Waals surface area contributed by atoms with Crippen molar-refractivity contribution in [2.24, 2.45) is 5.92 Å². The molecule has 1 saturated heterocycles. The predicted molar refractivity (Wildman–Crippen MR) is 94.6 cm³/mol. The molecule has 0 aromatic carbocycles. The van der Waals surface area contributed by atoms with Crippen LogP contribution in [-0.2, 0) is 10.9 Å². The Hall–Kier alpha value is -1.09. The van der Waals surface area contributed by atoms with Gasteiger partial charge in [-0.1, -0.05) is 25.4 Å². The molecule has 9 heteroatoms. The number of anilines is 1. The second kappa shape index (κ2) is 9.21. The molecule has 26 heavy (non-hydrogen) atoms. The Morgan fingerprint density at radius 3 is 2.42 bits per heavy atom. The van der Waals surface area contributed by atoms with Gasteiger partial charge in [-0.2, -0.15) is 13.2 Å². The monoisotopic (exact) mass is 395 g/mol. The van der Waals surface area contributed by atoms with E-state index >= 15 is 0 Å². The SMILES string of the molecule is CC(C)COCC(O)CN1CCN(c2ncc(C(F)(F)F)cc2Cl)CC1. The summed E-state index contributed by atoms with van der Waals surface area (Å²) in [5, 5.41) is 10.0. The lowest BCUT2D eigenvalue weighted by Gasteiger charge is -2.36. The van der Waals surface area contributed by atoms with Gasteiger partial charge in [0.15, 0.2) is 0 Å². The molecule has 0 saturated carbocycles. The topological polar surface area (TPSA) is 48.8 Å². The lowest BCUT2D eigenvalue weighted by Crippen LogP contribution is -2.49. The molecule has 0 amide bonds. The van der Waals surface area contributed by atoms with Gasteiger partial charge in [-0.3, -0.25) is 4.90 Å². The number of rotatable bonds is 7. The van der Waals surface area contributed by atoms with Crippen molar-refractivity contribution in [3.63, 3.8) is 0 Å². The van der Waals surface area contributed by atoms with Gasteiger partial charge < -0.3 is 14.7 Å². The molecule has 0 spiro atoms. The van der Waals surface area contributed by atoms with Crippen molar-refractivity contribution in [3.05, 3.63) is 22.8 Å². The van der Waals surface area contributed by atoms with E-state index in [0.717, 1.165) is 12.3 Å². The van der Waals surface area contributed by atoms with E-state index < -0.39 is 17.8 Å². The Morgan fingerprint density at radius 2 is 1.88 bits per heavy atom. The molecule has 0 bridgehead atoms. The first-order valence-corrected chi connectivity index (χ1v) is 9.00. The van der Waals surface area contributed by atoms with E-state index in [9.17, 15) is 18.3 Å². The van der Waals surface area contributed by atoms with E-state index in [1.807, 2.05) is 18.7 Å². The van der Waals surface area contributed by atoms with Crippen LogP contribution in [0.1, 0.15) is 19.4 Å². The van der Waals surface area contributed by atoms with E-state index in [2.05, 4.69) is 9.88 Å². The molecule has 5 nitrogen and oxygen atoms in total. The van der Waals surface area contributed by atoms with Crippen LogP contribution in [0.3, 0.4) is 0 Å². The molecule has 1 unspecified atom stereocenters. The Bertz CT molecular complexity index is 579. The standard InChI is InChI=1S/C17H25ClF3N3O2/c1-12(2)10-26-11-14(25)9-23-3-5-24(6-4-23)16-15(18)7-13(8-22-16)17(19,20)21/h7-8,12,14,25H,3-6,9-11H2,1-2H3. The number of alkyl halides is 3. The summed E-state index contributed by atoms with van der Waals surface area (Å²) in [6.45, 7) is 8.00. The van der Waals surface area contributed by atoms with Gasteiger partial charge in [-0.05, 0) is 12.0 Å². The molecule has 148 valence electrons. The average molecular weight is 396 g/mol. The first kappa shape index (κ1) is 21.2. The lowest BCUT2D eigenvalue weighted by molar-refractivity contribution is -0.137. The van der Waals surface area contributed by atoms with Crippen LogP contribution in [0.4, 0.5) is 19.0 Å². The van der Waals surface area contributed by atoms with Crippen LogP contribution in [0, 0.1) is 5.92 Å². The van der Waals surface area contributed by atoms with Crippen molar-refractivity contribution in [3.8, 4) is 0 Å². The highest BCUT2D eigenvalue weighted by Gasteiger charge is 2.32. The Morgan fingerprint density at radius 1 is 1.23 bits per heavy atom. The normalized spacial score (nSPS) is 17.8. The Balaban J connectivity index is 1.83. The van der Waals surface area contributed by atoms with Gasteiger partial charge in [0.05, 0.1) is 23.3 Å². The third-order valence-corrected chi connectivity index (χ3v) is 4.33. The molecule has 2 rings (SSSR count). The highest BCUT2D eigenvalue weighted by molar-refractivity contribution is 6.33. The fourth-order valence-electron chi connectivity index (χ4n) is 2.75. The maximum absolute atomic E-state index is 12.7. The average Bonchev–Trinajstić information content (AvgIpc) is 2.54. The van der Waals surface area contributed by atoms with Crippen molar-refractivity contribution in [1.29, 1.82) is 0 Å². The largest absolute Gasteiger partial charge is 0.417 e. The maximum Gasteiger partial charge on any atom is 0.417 e. The van der Waals surface area contributed by atoms with E-state index in [1.54, 1.807) is 0 Å². The number of aliphatic hydroxyl groups is 1. The summed E-state index contributed by atoms with van der Waals surface area (Å²) in [5.41, 5.74) is -0.852. The second-order valence-corrected chi connectivity index (χ2v) is 7.31. The van der Waals surface area contributed by atoms with Gasteiger partial charge in [0.1, 0.15) is 5.82 Å². The van der Waals surface area contributed by atoms with Gasteiger partial charge in [0.25, 0.3) is 0 Å². The highest BCUT2D eigenvalue weighted by Crippen LogP contribution is 2.33. The van der Waals surface area contributed by atoms with E-state index in [4.69, 9.17) is 16.3 Å². The molecule has 0 radical (unpaired) electrons. The summed E-state index contributed by atoms with van der Waals surface area (Å²) < 4.78 is 43.5. The van der Waals surface area contributed by atoms with Crippen LogP contribution in [0.2, 0.25) is 5.02 Å². The molecule has 1 aliphatic heterocycles. The highest BCUT2D eigenvalue weighted by atomic mass is 35.5. The maximum atomic E-state index is 12.7.